The Morgan fingerprint density at radius 1 is 1.88 bits per heavy atom. The number of carboxylic acid groups (broad SMARTS) is 1. The van der Waals surface area contributed by atoms with Crippen LogP contribution in [0.3, 0.4) is 0 Å². The van der Waals surface area contributed by atoms with Gasteiger partial charge in [0, 0.05) is 0 Å². The highest BCUT2D eigenvalue weighted by atomic mass is 127. The minimum Gasteiger partial charge on any atom is -0.503 e. The summed E-state index contributed by atoms with van der Waals surface area (Å²) in [5.74, 6) is -0.965. The molecule has 3 nitrogen and oxygen atoms in total. The van der Waals surface area contributed by atoms with E-state index in [0.717, 1.165) is 0 Å². The molecular formula is C4H5IO3. The van der Waals surface area contributed by atoms with E-state index in [1.165, 1.54) is 13.4 Å². The average Bonchev–Trinajstić information content (AvgIpc) is 1.67. The predicted octanol–water partition coefficient (Wildman–Crippen LogP) is 0.994. The van der Waals surface area contributed by atoms with Crippen molar-refractivity contribution in [3.8, 4) is 0 Å². The molecule has 0 amide bonds. The highest BCUT2D eigenvalue weighted by molar-refractivity contribution is 14.1. The Kier molecular flexibility index (Phi) is 3.59. The van der Waals surface area contributed by atoms with Crippen molar-refractivity contribution in [2.45, 2.75) is 0 Å². The Balaban J connectivity index is 3.80. The molecule has 8 heavy (non-hydrogen) atoms. The maximum Gasteiger partial charge on any atom is 0.345 e. The van der Waals surface area contributed by atoms with Crippen molar-refractivity contribution in [2.75, 3.05) is 7.11 Å². The van der Waals surface area contributed by atoms with Gasteiger partial charge in [-0.15, -0.1) is 0 Å². The van der Waals surface area contributed by atoms with Gasteiger partial charge in [0.05, 0.1) is 7.11 Å². The summed E-state index contributed by atoms with van der Waals surface area (Å²) in [6, 6.07) is 0. The zero-order valence-corrected chi connectivity index (χ0v) is 6.38. The van der Waals surface area contributed by atoms with Gasteiger partial charge in [-0.3, -0.25) is 0 Å². The molecule has 0 aliphatic carbocycles. The first-order valence-electron chi connectivity index (χ1n) is 1.80. The van der Waals surface area contributed by atoms with Crippen molar-refractivity contribution in [3.05, 3.63) is 9.84 Å². The zero-order valence-electron chi connectivity index (χ0n) is 4.22. The summed E-state index contributed by atoms with van der Waals surface area (Å²) < 4.78 is 4.59. The van der Waals surface area contributed by atoms with Gasteiger partial charge >= 0.3 is 5.97 Å². The van der Waals surface area contributed by atoms with Crippen molar-refractivity contribution < 1.29 is 14.6 Å². The van der Waals surface area contributed by atoms with E-state index >= 15 is 0 Å². The largest absolute Gasteiger partial charge is 0.503 e. The Labute approximate surface area is 60.5 Å². The van der Waals surface area contributed by atoms with Crippen LogP contribution < -0.4 is 0 Å². The summed E-state index contributed by atoms with van der Waals surface area (Å²) in [6.45, 7) is 0. The number of methoxy groups -OCH3 is 1. The molecule has 0 spiro atoms. The highest BCUT2D eigenvalue weighted by Crippen LogP contribution is 2.03. The maximum absolute atomic E-state index is 9.93. The van der Waals surface area contributed by atoms with Crippen LogP contribution in [0.4, 0.5) is 0 Å². The van der Waals surface area contributed by atoms with Crippen molar-refractivity contribution in [1.82, 2.24) is 0 Å². The number of aliphatic carboxylic acids is 1. The molecule has 4 heteroatoms. The monoisotopic (exact) mass is 228 g/mol. The molecule has 0 bridgehead atoms. The fourth-order valence-electron chi connectivity index (χ4n) is 0.154. The quantitative estimate of drug-likeness (QED) is 0.435. The summed E-state index contributed by atoms with van der Waals surface area (Å²) in [7, 11) is 1.40. The minimum atomic E-state index is -0.965. The van der Waals surface area contributed by atoms with E-state index in [1.54, 1.807) is 22.6 Å². The summed E-state index contributed by atoms with van der Waals surface area (Å²) in [4.78, 5) is 9.93. The Morgan fingerprint density at radius 3 is 2.50 bits per heavy atom. The molecule has 0 aliphatic rings. The summed E-state index contributed by atoms with van der Waals surface area (Å²) in [5.41, 5.74) is 0. The molecule has 0 atom stereocenters. The van der Waals surface area contributed by atoms with Crippen LogP contribution in [0.15, 0.2) is 9.84 Å². The third-order valence-electron chi connectivity index (χ3n) is 0.426. The number of hydrogen-bond acceptors (Lipinski definition) is 2. The van der Waals surface area contributed by atoms with Gasteiger partial charge in [-0.25, -0.2) is 4.79 Å². The van der Waals surface area contributed by atoms with Gasteiger partial charge in [0.25, 0.3) is 0 Å². The first kappa shape index (κ1) is 7.74. The lowest BCUT2D eigenvalue weighted by Crippen LogP contribution is -1.92. The van der Waals surface area contributed by atoms with Gasteiger partial charge in [-0.1, -0.05) is 0 Å². The molecule has 0 aliphatic heterocycles. The third kappa shape index (κ3) is 2.84. The van der Waals surface area contributed by atoms with Crippen LogP contribution in [0.25, 0.3) is 0 Å². The second-order valence-corrected chi connectivity index (χ2v) is 2.17. The van der Waals surface area contributed by atoms with Crippen molar-refractivity contribution in [3.63, 3.8) is 0 Å². The Hall–Kier alpha value is -0.260. The molecule has 0 saturated carbocycles. The van der Waals surface area contributed by atoms with Crippen LogP contribution in [-0.2, 0) is 9.53 Å². The number of hydrogen-bond donors (Lipinski definition) is 1. The SMILES string of the molecule is CO/C=C(\I)C(=O)O. The topological polar surface area (TPSA) is 46.5 Å². The molecule has 0 aromatic carbocycles. The summed E-state index contributed by atoms with van der Waals surface area (Å²) in [6.07, 6.45) is 1.17. The smallest absolute Gasteiger partial charge is 0.345 e. The van der Waals surface area contributed by atoms with Crippen LogP contribution in [0.2, 0.25) is 0 Å². The molecule has 0 heterocycles. The molecule has 0 unspecified atom stereocenters. The minimum absolute atomic E-state index is 0.171. The van der Waals surface area contributed by atoms with Gasteiger partial charge in [0.1, 0.15) is 9.84 Å². The van der Waals surface area contributed by atoms with Crippen molar-refractivity contribution in [2.24, 2.45) is 0 Å². The fraction of sp³-hybridized carbons (Fsp3) is 0.250. The molecule has 0 aromatic heterocycles. The third-order valence-corrected chi connectivity index (χ3v) is 1.14. The number of carbonyl (C=O) groups is 1. The lowest BCUT2D eigenvalue weighted by atomic mass is 10.6. The molecule has 46 valence electrons. The molecule has 0 fully saturated rings. The zero-order chi connectivity index (χ0) is 6.57. The van der Waals surface area contributed by atoms with Crippen LogP contribution in [0, 0.1) is 0 Å². The number of ether oxygens (including phenoxy) is 1. The molecule has 0 aromatic rings. The van der Waals surface area contributed by atoms with Crippen LogP contribution in [0.5, 0.6) is 0 Å². The lowest BCUT2D eigenvalue weighted by molar-refractivity contribution is -0.131. The van der Waals surface area contributed by atoms with E-state index in [-0.39, 0.29) is 3.58 Å². The summed E-state index contributed by atoms with van der Waals surface area (Å²) in [5, 5.41) is 8.16. The second-order valence-electron chi connectivity index (χ2n) is 1.01. The number of halogens is 1. The van der Waals surface area contributed by atoms with E-state index in [0.29, 0.717) is 0 Å². The van der Waals surface area contributed by atoms with E-state index in [2.05, 4.69) is 4.74 Å². The summed E-state index contributed by atoms with van der Waals surface area (Å²) >= 11 is 1.67. The molecule has 0 saturated heterocycles. The predicted molar refractivity (Wildman–Crippen MR) is 36.7 cm³/mol. The number of carboxylic acids is 1. The van der Waals surface area contributed by atoms with Gasteiger partial charge in [-0.05, 0) is 22.6 Å². The standard InChI is InChI=1S/C4H5IO3/c1-8-2-3(5)4(6)7/h2H,1H3,(H,6,7)/b3-2-. The first-order valence-corrected chi connectivity index (χ1v) is 2.88. The van der Waals surface area contributed by atoms with Crippen molar-refractivity contribution >= 4 is 28.6 Å². The first-order chi connectivity index (χ1) is 3.68. The van der Waals surface area contributed by atoms with Gasteiger partial charge in [-0.2, -0.15) is 0 Å². The van der Waals surface area contributed by atoms with Crippen LogP contribution in [0.1, 0.15) is 0 Å². The van der Waals surface area contributed by atoms with Gasteiger partial charge in [0.15, 0.2) is 0 Å². The molecule has 0 rings (SSSR count). The lowest BCUT2D eigenvalue weighted by Gasteiger charge is -1.87. The molecule has 1 N–H and O–H groups in total. The molecular weight excluding hydrogens is 223 g/mol. The van der Waals surface area contributed by atoms with E-state index in [4.69, 9.17) is 5.11 Å². The average molecular weight is 228 g/mol. The van der Waals surface area contributed by atoms with Gasteiger partial charge in [0.2, 0.25) is 0 Å². The Morgan fingerprint density at radius 2 is 2.38 bits per heavy atom. The maximum atomic E-state index is 9.93. The highest BCUT2D eigenvalue weighted by Gasteiger charge is 1.99. The van der Waals surface area contributed by atoms with Gasteiger partial charge < -0.3 is 9.84 Å². The van der Waals surface area contributed by atoms with Crippen LogP contribution >= 0.6 is 22.6 Å². The van der Waals surface area contributed by atoms with E-state index in [9.17, 15) is 4.79 Å². The van der Waals surface area contributed by atoms with Crippen LogP contribution in [-0.4, -0.2) is 18.2 Å². The normalized spacial score (nSPS) is 11.0. The second kappa shape index (κ2) is 3.71. The molecule has 0 radical (unpaired) electrons. The van der Waals surface area contributed by atoms with Crippen molar-refractivity contribution in [1.29, 1.82) is 0 Å². The van der Waals surface area contributed by atoms with E-state index in [1.807, 2.05) is 0 Å². The fourth-order valence-corrected chi connectivity index (χ4v) is 0.408. The Bertz CT molecular complexity index is 118. The number of rotatable bonds is 2. The van der Waals surface area contributed by atoms with E-state index < -0.39 is 5.97 Å².